The van der Waals surface area contributed by atoms with Gasteiger partial charge >= 0.3 is 0 Å². The van der Waals surface area contributed by atoms with Crippen molar-refractivity contribution in [2.24, 2.45) is 4.99 Å². The van der Waals surface area contributed by atoms with E-state index in [1.165, 1.54) is 27.8 Å². The van der Waals surface area contributed by atoms with Crippen molar-refractivity contribution in [2.75, 3.05) is 6.54 Å². The summed E-state index contributed by atoms with van der Waals surface area (Å²) in [7, 11) is 0. The van der Waals surface area contributed by atoms with Crippen LogP contribution in [0, 0.1) is 13.8 Å². The lowest BCUT2D eigenvalue weighted by Gasteiger charge is -2.19. The van der Waals surface area contributed by atoms with Crippen LogP contribution in [-0.4, -0.2) is 13.3 Å². The summed E-state index contributed by atoms with van der Waals surface area (Å²) in [6.45, 7) is 21.3. The highest BCUT2D eigenvalue weighted by Gasteiger charge is 2.09. The highest BCUT2D eigenvalue weighted by Crippen LogP contribution is 2.20. The number of aliphatic imine (C=N–C) groups is 1. The van der Waals surface area contributed by atoms with Crippen LogP contribution in [0.2, 0.25) is 0 Å². The Bertz CT molecular complexity index is 780. The van der Waals surface area contributed by atoms with Gasteiger partial charge in [-0.2, -0.15) is 0 Å². The van der Waals surface area contributed by atoms with Crippen LogP contribution < -0.4 is 5.32 Å². The lowest BCUT2D eigenvalue weighted by Crippen LogP contribution is -2.23. The van der Waals surface area contributed by atoms with Gasteiger partial charge in [-0.15, -0.1) is 0 Å². The fourth-order valence-corrected chi connectivity index (χ4v) is 3.20. The van der Waals surface area contributed by atoms with Gasteiger partial charge in [0.2, 0.25) is 0 Å². The van der Waals surface area contributed by atoms with E-state index in [4.69, 9.17) is 0 Å². The maximum atomic E-state index is 3.77. The van der Waals surface area contributed by atoms with Gasteiger partial charge in [0.15, 0.2) is 0 Å². The Morgan fingerprint density at radius 3 is 2.16 bits per heavy atom. The van der Waals surface area contributed by atoms with Gasteiger partial charge in [-0.05, 0) is 50.6 Å². The second-order valence-corrected chi connectivity index (χ2v) is 7.11. The summed E-state index contributed by atoms with van der Waals surface area (Å²) in [4.78, 5) is 3.76. The highest BCUT2D eigenvalue weighted by molar-refractivity contribution is 5.31. The Balaban J connectivity index is 0.000000679. The van der Waals surface area contributed by atoms with Gasteiger partial charge in [-0.25, -0.2) is 0 Å². The Hall–Kier alpha value is -2.71. The summed E-state index contributed by atoms with van der Waals surface area (Å²) in [6.07, 6.45) is 9.17. The van der Waals surface area contributed by atoms with Crippen LogP contribution in [0.15, 0.2) is 90.0 Å². The van der Waals surface area contributed by atoms with Crippen molar-refractivity contribution < 1.29 is 0 Å². The molecule has 2 heteroatoms. The molecule has 0 bridgehead atoms. The number of aryl methyl sites for hydroxylation is 2. The van der Waals surface area contributed by atoms with E-state index in [-0.39, 0.29) is 0 Å². The first-order valence-corrected chi connectivity index (χ1v) is 11.3. The molecule has 0 aliphatic heterocycles. The summed E-state index contributed by atoms with van der Waals surface area (Å²) in [6, 6.07) is 17.2. The molecular formula is C29H42N2. The molecular weight excluding hydrogens is 376 g/mol. The first-order valence-electron chi connectivity index (χ1n) is 11.3. The molecule has 168 valence electrons. The van der Waals surface area contributed by atoms with E-state index in [1.807, 2.05) is 57.2 Å². The molecule has 0 radical (unpaired) electrons. The van der Waals surface area contributed by atoms with Crippen molar-refractivity contribution in [3.63, 3.8) is 0 Å². The fourth-order valence-electron chi connectivity index (χ4n) is 3.20. The summed E-state index contributed by atoms with van der Waals surface area (Å²) < 4.78 is 0. The van der Waals surface area contributed by atoms with E-state index in [1.54, 1.807) is 0 Å². The Morgan fingerprint density at radius 1 is 1.06 bits per heavy atom. The van der Waals surface area contributed by atoms with Gasteiger partial charge in [0.25, 0.3) is 0 Å². The lowest BCUT2D eigenvalue weighted by atomic mass is 9.99. The summed E-state index contributed by atoms with van der Waals surface area (Å²) in [5.74, 6) is 0. The Kier molecular flexibility index (Phi) is 16.5. The monoisotopic (exact) mass is 418 g/mol. The van der Waals surface area contributed by atoms with E-state index in [0.29, 0.717) is 6.04 Å². The normalized spacial score (nSPS) is 11.6. The zero-order valence-electron chi connectivity index (χ0n) is 20.5. The number of hydrogen-bond acceptors (Lipinski definition) is 2. The predicted molar refractivity (Wildman–Crippen MR) is 141 cm³/mol. The van der Waals surface area contributed by atoms with Crippen molar-refractivity contribution in [3.8, 4) is 0 Å². The highest BCUT2D eigenvalue weighted by atomic mass is 14.9. The number of allylic oxidation sites excluding steroid dienone is 3. The molecule has 2 aromatic carbocycles. The average Bonchev–Trinajstić information content (AvgIpc) is 2.77. The number of rotatable bonds is 9. The third-order valence-electron chi connectivity index (χ3n) is 4.46. The Morgan fingerprint density at radius 2 is 1.68 bits per heavy atom. The van der Waals surface area contributed by atoms with E-state index in [9.17, 15) is 0 Å². The predicted octanol–water partition coefficient (Wildman–Crippen LogP) is 7.95. The van der Waals surface area contributed by atoms with Gasteiger partial charge in [0.05, 0.1) is 6.54 Å². The van der Waals surface area contributed by atoms with Crippen LogP contribution in [0.25, 0.3) is 0 Å². The molecule has 0 aliphatic carbocycles. The van der Waals surface area contributed by atoms with Crippen LogP contribution in [0.4, 0.5) is 0 Å². The van der Waals surface area contributed by atoms with Crippen molar-refractivity contribution in [1.29, 1.82) is 0 Å². The number of benzene rings is 2. The molecule has 1 atom stereocenters. The molecule has 0 spiro atoms. The maximum absolute atomic E-state index is 3.77. The molecule has 0 amide bonds. The largest absolute Gasteiger partial charge is 0.306 e. The molecule has 0 fully saturated rings. The smallest absolute Gasteiger partial charge is 0.0632 e. The second kappa shape index (κ2) is 18.1. The molecule has 0 heterocycles. The minimum Gasteiger partial charge on any atom is -0.306 e. The third-order valence-corrected chi connectivity index (χ3v) is 4.46. The lowest BCUT2D eigenvalue weighted by molar-refractivity contribution is 0.546. The zero-order chi connectivity index (χ0) is 23.5. The topological polar surface area (TPSA) is 24.4 Å². The molecule has 0 aliphatic rings. The molecule has 1 N–H and O–H groups in total. The van der Waals surface area contributed by atoms with Crippen LogP contribution in [0.3, 0.4) is 0 Å². The minimum absolute atomic E-state index is 0.395. The van der Waals surface area contributed by atoms with Crippen molar-refractivity contribution in [3.05, 3.63) is 107 Å². The molecule has 2 nitrogen and oxygen atoms in total. The second-order valence-electron chi connectivity index (χ2n) is 7.11. The van der Waals surface area contributed by atoms with Crippen molar-refractivity contribution in [1.82, 2.24) is 5.32 Å². The third kappa shape index (κ3) is 12.6. The molecule has 31 heavy (non-hydrogen) atoms. The molecule has 0 saturated carbocycles. The first kappa shape index (κ1) is 28.3. The van der Waals surface area contributed by atoms with Gasteiger partial charge < -0.3 is 5.32 Å². The molecule has 0 saturated heterocycles. The standard InChI is InChI=1S/C19H27N.C8H9N.C2H6/c1-6-9-17(10-7-2)14-20-19(8-3)18-12-15(4)11-16(5)13-18;1-9-7-8-5-3-2-4-6-8;1-2/h6-7,9-13,19-20H,1,8,14H2,2-5H3;2-6H,1,7H2;1-2H3/b10-7-,17-9+;;. The molecule has 2 rings (SSSR count). The zero-order valence-corrected chi connectivity index (χ0v) is 20.5. The molecule has 2 aromatic rings. The maximum Gasteiger partial charge on any atom is 0.0632 e. The van der Waals surface area contributed by atoms with Gasteiger partial charge in [-0.1, -0.05) is 111 Å². The van der Waals surface area contributed by atoms with Crippen LogP contribution in [0.1, 0.15) is 62.4 Å². The van der Waals surface area contributed by atoms with Gasteiger partial charge in [-0.3, -0.25) is 4.99 Å². The SMILES string of the molecule is C=C/C=C(\C=C/C)CNC(CC)c1cc(C)cc(C)c1.C=NCc1ccccc1.CC. The summed E-state index contributed by atoms with van der Waals surface area (Å²) in [5, 5.41) is 3.64. The minimum atomic E-state index is 0.395. The first-order chi connectivity index (χ1) is 15.0. The van der Waals surface area contributed by atoms with E-state index in [0.717, 1.165) is 19.5 Å². The molecule has 1 unspecified atom stereocenters. The van der Waals surface area contributed by atoms with Crippen LogP contribution in [0.5, 0.6) is 0 Å². The number of nitrogens with one attached hydrogen (secondary N) is 1. The number of hydrogen-bond donors (Lipinski definition) is 1. The Labute approximate surface area is 191 Å². The molecule has 0 aromatic heterocycles. The van der Waals surface area contributed by atoms with E-state index < -0.39 is 0 Å². The van der Waals surface area contributed by atoms with E-state index >= 15 is 0 Å². The summed E-state index contributed by atoms with van der Waals surface area (Å²) in [5.41, 5.74) is 6.51. The fraction of sp³-hybridized carbons (Fsp3) is 0.345. The number of nitrogens with zero attached hydrogens (tertiary/aromatic N) is 1. The van der Waals surface area contributed by atoms with Crippen LogP contribution >= 0.6 is 0 Å². The summed E-state index contributed by atoms with van der Waals surface area (Å²) >= 11 is 0. The van der Waals surface area contributed by atoms with Crippen LogP contribution in [-0.2, 0) is 6.54 Å². The van der Waals surface area contributed by atoms with Crippen molar-refractivity contribution in [2.45, 2.75) is 60.5 Å². The van der Waals surface area contributed by atoms with E-state index in [2.05, 4.69) is 80.8 Å². The van der Waals surface area contributed by atoms with Gasteiger partial charge in [0, 0.05) is 12.6 Å². The average molecular weight is 419 g/mol. The quantitative estimate of drug-likeness (QED) is 0.324. The van der Waals surface area contributed by atoms with Crippen molar-refractivity contribution >= 4 is 6.72 Å². The van der Waals surface area contributed by atoms with Gasteiger partial charge in [0.1, 0.15) is 0 Å².